The van der Waals surface area contributed by atoms with Gasteiger partial charge in [-0.25, -0.2) is 12.8 Å². The van der Waals surface area contributed by atoms with E-state index >= 15 is 0 Å². The average Bonchev–Trinajstić information content (AvgIpc) is 3.08. The van der Waals surface area contributed by atoms with E-state index in [2.05, 4.69) is 0 Å². The highest BCUT2D eigenvalue weighted by Gasteiger charge is 2.31. The van der Waals surface area contributed by atoms with E-state index in [9.17, 15) is 17.6 Å². The number of benzene rings is 3. The first-order chi connectivity index (χ1) is 14.7. The summed E-state index contributed by atoms with van der Waals surface area (Å²) >= 11 is 0. The summed E-state index contributed by atoms with van der Waals surface area (Å²) in [5.74, 6) is -0.497. The first kappa shape index (κ1) is 21.1. The van der Waals surface area contributed by atoms with Crippen molar-refractivity contribution in [2.45, 2.75) is 25.9 Å². The number of halogens is 1. The van der Waals surface area contributed by atoms with E-state index in [0.717, 1.165) is 23.9 Å². The minimum absolute atomic E-state index is 0.0515. The average molecular weight is 439 g/mol. The van der Waals surface area contributed by atoms with Crippen molar-refractivity contribution >= 4 is 27.3 Å². The molecule has 1 aliphatic heterocycles. The Balaban J connectivity index is 1.60. The Morgan fingerprint density at radius 2 is 1.68 bits per heavy atom. The topological polar surface area (TPSA) is 57.7 Å². The first-order valence-corrected chi connectivity index (χ1v) is 11.8. The monoisotopic (exact) mass is 438 g/mol. The minimum atomic E-state index is -3.58. The van der Waals surface area contributed by atoms with Crippen molar-refractivity contribution in [1.29, 1.82) is 0 Å². The molecule has 31 heavy (non-hydrogen) atoms. The number of amides is 1. The molecular weight excluding hydrogens is 415 g/mol. The fraction of sp³-hybridized carbons (Fsp3) is 0.208. The van der Waals surface area contributed by atoms with E-state index in [-0.39, 0.29) is 24.3 Å². The van der Waals surface area contributed by atoms with Gasteiger partial charge in [-0.05, 0) is 66.9 Å². The molecule has 0 bridgehead atoms. The van der Waals surface area contributed by atoms with E-state index in [4.69, 9.17) is 0 Å². The second-order valence-corrected chi connectivity index (χ2v) is 9.71. The van der Waals surface area contributed by atoms with Gasteiger partial charge in [0.1, 0.15) is 5.82 Å². The predicted molar refractivity (Wildman–Crippen MR) is 120 cm³/mol. The van der Waals surface area contributed by atoms with E-state index < -0.39 is 10.0 Å². The molecule has 0 saturated carbocycles. The fourth-order valence-corrected chi connectivity index (χ4v) is 4.83. The summed E-state index contributed by atoms with van der Waals surface area (Å²) in [6.45, 7) is 2.09. The van der Waals surface area contributed by atoms with Gasteiger partial charge in [0.2, 0.25) is 10.0 Å². The number of nitrogens with zero attached hydrogens (tertiary/aromatic N) is 2. The Bertz CT molecular complexity index is 1210. The highest BCUT2D eigenvalue weighted by molar-refractivity contribution is 7.92. The van der Waals surface area contributed by atoms with Crippen molar-refractivity contribution in [3.63, 3.8) is 0 Å². The van der Waals surface area contributed by atoms with Crippen LogP contribution in [0, 0.1) is 5.82 Å². The standard InChI is InChI=1S/C24H23FN2O3S/c1-17-15-20-5-3-4-6-23(20)27(17)24(28)19-9-13-22(14-10-19)26(31(2,29)30)16-18-7-11-21(25)12-8-18/h3-14,17H,15-16H2,1-2H3/t17-/m0/s1. The van der Waals surface area contributed by atoms with Crippen LogP contribution in [0.5, 0.6) is 0 Å². The van der Waals surface area contributed by atoms with Crippen molar-refractivity contribution < 1.29 is 17.6 Å². The van der Waals surface area contributed by atoms with Crippen molar-refractivity contribution in [1.82, 2.24) is 0 Å². The Morgan fingerprint density at radius 1 is 1.03 bits per heavy atom. The zero-order valence-corrected chi connectivity index (χ0v) is 18.1. The van der Waals surface area contributed by atoms with E-state index in [1.165, 1.54) is 16.4 Å². The number of carbonyl (C=O) groups is 1. The molecule has 0 aliphatic carbocycles. The molecule has 1 heterocycles. The van der Waals surface area contributed by atoms with Gasteiger partial charge < -0.3 is 4.90 Å². The lowest BCUT2D eigenvalue weighted by Crippen LogP contribution is -2.35. The third kappa shape index (κ3) is 4.32. The van der Waals surface area contributed by atoms with Crippen molar-refractivity contribution in [3.8, 4) is 0 Å². The maximum Gasteiger partial charge on any atom is 0.258 e. The number of hydrogen-bond acceptors (Lipinski definition) is 3. The highest BCUT2D eigenvalue weighted by Crippen LogP contribution is 2.33. The van der Waals surface area contributed by atoms with Crippen LogP contribution in [0.3, 0.4) is 0 Å². The van der Waals surface area contributed by atoms with Crippen molar-refractivity contribution in [2.75, 3.05) is 15.5 Å². The first-order valence-electron chi connectivity index (χ1n) is 9.98. The van der Waals surface area contributed by atoms with Gasteiger partial charge in [-0.3, -0.25) is 9.10 Å². The molecule has 1 amide bonds. The molecule has 4 rings (SSSR count). The number of fused-ring (bicyclic) bond motifs is 1. The highest BCUT2D eigenvalue weighted by atomic mass is 32.2. The fourth-order valence-electron chi connectivity index (χ4n) is 3.94. The number of rotatable bonds is 5. The zero-order valence-electron chi connectivity index (χ0n) is 17.3. The number of anilines is 2. The number of hydrogen-bond donors (Lipinski definition) is 0. The summed E-state index contributed by atoms with van der Waals surface area (Å²) in [6, 6.07) is 20.2. The summed E-state index contributed by atoms with van der Waals surface area (Å²) in [7, 11) is -3.58. The van der Waals surface area contributed by atoms with Crippen LogP contribution in [0.4, 0.5) is 15.8 Å². The summed E-state index contributed by atoms with van der Waals surface area (Å²) in [5, 5.41) is 0. The van der Waals surface area contributed by atoms with Gasteiger partial charge in [-0.2, -0.15) is 0 Å². The summed E-state index contributed by atoms with van der Waals surface area (Å²) in [6.07, 6.45) is 1.93. The number of para-hydroxylation sites is 1. The molecule has 7 heteroatoms. The molecule has 5 nitrogen and oxygen atoms in total. The molecule has 0 spiro atoms. The van der Waals surface area contributed by atoms with Crippen LogP contribution in [0.2, 0.25) is 0 Å². The molecule has 0 unspecified atom stereocenters. The molecule has 0 saturated heterocycles. The van der Waals surface area contributed by atoms with E-state index in [1.807, 2.05) is 31.2 Å². The van der Waals surface area contributed by atoms with Crippen molar-refractivity contribution in [2.24, 2.45) is 0 Å². The van der Waals surface area contributed by atoms with Crippen LogP contribution in [-0.2, 0) is 23.0 Å². The normalized spacial score (nSPS) is 15.6. The lowest BCUT2D eigenvalue weighted by atomic mass is 10.1. The molecule has 1 atom stereocenters. The van der Waals surface area contributed by atoms with Gasteiger partial charge in [-0.1, -0.05) is 30.3 Å². The Kier molecular flexibility index (Phi) is 5.54. The van der Waals surface area contributed by atoms with Crippen LogP contribution < -0.4 is 9.21 Å². The van der Waals surface area contributed by atoms with Crippen LogP contribution in [-0.4, -0.2) is 26.6 Å². The van der Waals surface area contributed by atoms with Gasteiger partial charge in [0.25, 0.3) is 5.91 Å². The second kappa shape index (κ2) is 8.15. The van der Waals surface area contributed by atoms with Crippen molar-refractivity contribution in [3.05, 3.63) is 95.3 Å². The summed E-state index contributed by atoms with van der Waals surface area (Å²) < 4.78 is 39.2. The Morgan fingerprint density at radius 3 is 2.32 bits per heavy atom. The molecule has 0 fully saturated rings. The number of carbonyl (C=O) groups excluding carboxylic acids is 1. The van der Waals surface area contributed by atoms with Gasteiger partial charge >= 0.3 is 0 Å². The largest absolute Gasteiger partial charge is 0.305 e. The molecule has 0 radical (unpaired) electrons. The molecule has 160 valence electrons. The lowest BCUT2D eigenvalue weighted by molar-refractivity contribution is 0.0981. The minimum Gasteiger partial charge on any atom is -0.305 e. The van der Waals surface area contributed by atoms with E-state index in [0.29, 0.717) is 16.8 Å². The van der Waals surface area contributed by atoms with Crippen LogP contribution in [0.25, 0.3) is 0 Å². The smallest absolute Gasteiger partial charge is 0.258 e. The molecule has 3 aromatic rings. The number of sulfonamides is 1. The molecule has 0 aromatic heterocycles. The molecule has 1 aliphatic rings. The maximum atomic E-state index is 13.2. The summed E-state index contributed by atoms with van der Waals surface area (Å²) in [4.78, 5) is 15.0. The molecule has 3 aromatic carbocycles. The van der Waals surface area contributed by atoms with Gasteiger partial charge in [0.15, 0.2) is 0 Å². The van der Waals surface area contributed by atoms with Gasteiger partial charge in [0, 0.05) is 17.3 Å². The SMILES string of the molecule is C[C@H]1Cc2ccccc2N1C(=O)c1ccc(N(Cc2ccc(F)cc2)S(C)(=O)=O)cc1. The second-order valence-electron chi connectivity index (χ2n) is 7.80. The third-order valence-electron chi connectivity index (χ3n) is 5.47. The lowest BCUT2D eigenvalue weighted by Gasteiger charge is -2.24. The van der Waals surface area contributed by atoms with Crippen LogP contribution in [0.1, 0.15) is 28.4 Å². The molecule has 0 N–H and O–H groups in total. The quantitative estimate of drug-likeness (QED) is 0.594. The Hall–Kier alpha value is -3.19. The van der Waals surface area contributed by atoms with Gasteiger partial charge in [-0.15, -0.1) is 0 Å². The Labute approximate surface area is 181 Å². The third-order valence-corrected chi connectivity index (χ3v) is 6.61. The van der Waals surface area contributed by atoms with Crippen LogP contribution >= 0.6 is 0 Å². The van der Waals surface area contributed by atoms with E-state index in [1.54, 1.807) is 41.3 Å². The maximum absolute atomic E-state index is 13.2. The summed E-state index contributed by atoms with van der Waals surface area (Å²) in [5.41, 5.74) is 3.65. The zero-order chi connectivity index (χ0) is 22.2. The van der Waals surface area contributed by atoms with Gasteiger partial charge in [0.05, 0.1) is 18.5 Å². The van der Waals surface area contributed by atoms with Crippen LogP contribution in [0.15, 0.2) is 72.8 Å². The predicted octanol–water partition coefficient (Wildman–Crippen LogP) is 4.38. The molecular formula is C24H23FN2O3S.